The van der Waals surface area contributed by atoms with Crippen molar-refractivity contribution in [2.45, 2.75) is 6.92 Å². The maximum absolute atomic E-state index is 11.0. The molecule has 0 bridgehead atoms. The number of hydrogen-bond donors (Lipinski definition) is 1. The summed E-state index contributed by atoms with van der Waals surface area (Å²) >= 11 is 0. The van der Waals surface area contributed by atoms with Crippen molar-refractivity contribution in [1.29, 1.82) is 0 Å². The predicted octanol–water partition coefficient (Wildman–Crippen LogP) is 1.64. The van der Waals surface area contributed by atoms with Gasteiger partial charge in [-0.05, 0) is 36.8 Å². The van der Waals surface area contributed by atoms with Crippen molar-refractivity contribution >= 4 is 16.8 Å². The first-order chi connectivity index (χ1) is 6.68. The molecular weight excluding hydrogens is 176 g/mol. The average Bonchev–Trinajstić information content (AvgIpc) is 2.18. The van der Waals surface area contributed by atoms with Crippen LogP contribution in [0.25, 0.3) is 10.9 Å². The van der Waals surface area contributed by atoms with E-state index in [-0.39, 0.29) is 0 Å². The smallest absolute Gasteiger partial charge is 0.248 e. The number of nitrogens with zero attached hydrogens (tertiary/aromatic N) is 1. The Morgan fingerprint density at radius 3 is 2.86 bits per heavy atom. The molecule has 0 fully saturated rings. The number of aromatic nitrogens is 1. The van der Waals surface area contributed by atoms with Crippen LogP contribution in [0.4, 0.5) is 0 Å². The van der Waals surface area contributed by atoms with Crippen LogP contribution in [0, 0.1) is 6.92 Å². The van der Waals surface area contributed by atoms with Crippen LogP contribution in [-0.4, -0.2) is 10.9 Å². The van der Waals surface area contributed by atoms with E-state index >= 15 is 0 Å². The summed E-state index contributed by atoms with van der Waals surface area (Å²) in [5.74, 6) is -0.407. The summed E-state index contributed by atoms with van der Waals surface area (Å²) in [4.78, 5) is 15.1. The molecular formula is C11H10N2O. The number of benzene rings is 1. The van der Waals surface area contributed by atoms with Crippen LogP contribution in [0.1, 0.15) is 15.9 Å². The Labute approximate surface area is 81.6 Å². The highest BCUT2D eigenvalue weighted by Gasteiger charge is 2.03. The molecule has 0 saturated carbocycles. The van der Waals surface area contributed by atoms with Gasteiger partial charge in [0.15, 0.2) is 0 Å². The largest absolute Gasteiger partial charge is 0.366 e. The van der Waals surface area contributed by atoms with Crippen molar-refractivity contribution < 1.29 is 4.79 Å². The van der Waals surface area contributed by atoms with E-state index in [1.54, 1.807) is 18.3 Å². The Kier molecular flexibility index (Phi) is 1.93. The normalized spacial score (nSPS) is 10.4. The zero-order valence-electron chi connectivity index (χ0n) is 7.82. The molecule has 0 radical (unpaired) electrons. The highest BCUT2D eigenvalue weighted by molar-refractivity contribution is 5.97. The topological polar surface area (TPSA) is 56.0 Å². The minimum atomic E-state index is -0.407. The van der Waals surface area contributed by atoms with E-state index in [1.165, 1.54) is 0 Å². The maximum atomic E-state index is 11.0. The lowest BCUT2D eigenvalue weighted by Crippen LogP contribution is -2.10. The lowest BCUT2D eigenvalue weighted by Gasteiger charge is -2.02. The summed E-state index contributed by atoms with van der Waals surface area (Å²) in [5, 5.41) is 0.976. The molecule has 0 aliphatic rings. The van der Waals surface area contributed by atoms with Crippen LogP contribution in [0.3, 0.4) is 0 Å². The molecule has 3 heteroatoms. The molecule has 3 nitrogen and oxygen atoms in total. The third-order valence-electron chi connectivity index (χ3n) is 2.24. The van der Waals surface area contributed by atoms with Gasteiger partial charge in [-0.25, -0.2) is 0 Å². The fourth-order valence-corrected chi connectivity index (χ4v) is 1.44. The standard InChI is InChI=1S/C11H10N2O/c1-7-4-5-13-10-3-2-8(11(12)14)6-9(7)10/h2-6H,1H3,(H2,12,14). The highest BCUT2D eigenvalue weighted by atomic mass is 16.1. The molecule has 1 aromatic carbocycles. The predicted molar refractivity (Wildman–Crippen MR) is 55.0 cm³/mol. The number of primary amides is 1. The number of nitrogens with two attached hydrogens (primary N) is 1. The molecule has 0 unspecified atom stereocenters. The van der Waals surface area contributed by atoms with Gasteiger partial charge in [0.25, 0.3) is 0 Å². The van der Waals surface area contributed by atoms with Crippen molar-refractivity contribution in [3.8, 4) is 0 Å². The quantitative estimate of drug-likeness (QED) is 0.736. The first kappa shape index (κ1) is 8.69. The van der Waals surface area contributed by atoms with Gasteiger partial charge < -0.3 is 5.73 Å². The molecule has 0 aliphatic carbocycles. The molecule has 2 rings (SSSR count). The summed E-state index contributed by atoms with van der Waals surface area (Å²) in [6, 6.07) is 7.19. The number of carbonyl (C=O) groups excluding carboxylic acids is 1. The van der Waals surface area contributed by atoms with Crippen LogP contribution in [0.15, 0.2) is 30.5 Å². The van der Waals surface area contributed by atoms with Gasteiger partial charge in [-0.2, -0.15) is 0 Å². The second-order valence-corrected chi connectivity index (χ2v) is 3.22. The summed E-state index contributed by atoms with van der Waals surface area (Å²) in [5.41, 5.74) is 7.70. The molecule has 70 valence electrons. The molecule has 1 amide bonds. The van der Waals surface area contributed by atoms with Gasteiger partial charge in [-0.3, -0.25) is 9.78 Å². The Bertz CT molecular complexity index is 506. The molecule has 0 saturated heterocycles. The SMILES string of the molecule is Cc1ccnc2ccc(C(N)=O)cc12. The fraction of sp³-hybridized carbons (Fsp3) is 0.0909. The van der Waals surface area contributed by atoms with Crippen LogP contribution in [-0.2, 0) is 0 Å². The van der Waals surface area contributed by atoms with Crippen molar-refractivity contribution in [3.63, 3.8) is 0 Å². The number of rotatable bonds is 1. The number of aryl methyl sites for hydroxylation is 1. The minimum Gasteiger partial charge on any atom is -0.366 e. The van der Waals surface area contributed by atoms with Crippen molar-refractivity contribution in [2.24, 2.45) is 5.73 Å². The fourth-order valence-electron chi connectivity index (χ4n) is 1.44. The second kappa shape index (κ2) is 3.10. The van der Waals surface area contributed by atoms with Crippen molar-refractivity contribution in [1.82, 2.24) is 4.98 Å². The van der Waals surface area contributed by atoms with Gasteiger partial charge in [0.2, 0.25) is 5.91 Å². The molecule has 0 aliphatic heterocycles. The number of carbonyl (C=O) groups is 1. The lowest BCUT2D eigenvalue weighted by molar-refractivity contribution is 0.100. The molecule has 0 spiro atoms. The van der Waals surface area contributed by atoms with Crippen LogP contribution >= 0.6 is 0 Å². The number of amides is 1. The van der Waals surface area contributed by atoms with Crippen LogP contribution in [0.2, 0.25) is 0 Å². The Morgan fingerprint density at radius 1 is 1.36 bits per heavy atom. The average molecular weight is 186 g/mol. The first-order valence-corrected chi connectivity index (χ1v) is 4.33. The molecule has 2 aromatic rings. The van der Waals surface area contributed by atoms with Crippen molar-refractivity contribution in [3.05, 3.63) is 41.6 Å². The van der Waals surface area contributed by atoms with E-state index in [4.69, 9.17) is 5.73 Å². The Hall–Kier alpha value is -1.90. The first-order valence-electron chi connectivity index (χ1n) is 4.33. The zero-order valence-corrected chi connectivity index (χ0v) is 7.82. The van der Waals surface area contributed by atoms with Gasteiger partial charge in [0.1, 0.15) is 0 Å². The summed E-state index contributed by atoms with van der Waals surface area (Å²) in [7, 11) is 0. The number of hydrogen-bond acceptors (Lipinski definition) is 2. The summed E-state index contributed by atoms with van der Waals surface area (Å²) in [6.45, 7) is 1.98. The van der Waals surface area contributed by atoms with Gasteiger partial charge in [0, 0.05) is 17.1 Å². The highest BCUT2D eigenvalue weighted by Crippen LogP contribution is 2.17. The van der Waals surface area contributed by atoms with Crippen LogP contribution < -0.4 is 5.73 Å². The van der Waals surface area contributed by atoms with E-state index in [2.05, 4.69) is 4.98 Å². The van der Waals surface area contributed by atoms with Crippen molar-refractivity contribution in [2.75, 3.05) is 0 Å². The lowest BCUT2D eigenvalue weighted by atomic mass is 10.1. The van der Waals surface area contributed by atoms with Gasteiger partial charge in [-0.1, -0.05) is 0 Å². The van der Waals surface area contributed by atoms with E-state index in [9.17, 15) is 4.79 Å². The Balaban J connectivity index is 2.76. The monoisotopic (exact) mass is 186 g/mol. The third kappa shape index (κ3) is 1.33. The van der Waals surface area contributed by atoms with Crippen LogP contribution in [0.5, 0.6) is 0 Å². The summed E-state index contributed by atoms with van der Waals surface area (Å²) in [6.07, 6.45) is 1.75. The van der Waals surface area contributed by atoms with Gasteiger partial charge >= 0.3 is 0 Å². The van der Waals surface area contributed by atoms with Gasteiger partial charge in [0.05, 0.1) is 5.52 Å². The molecule has 2 N–H and O–H groups in total. The van der Waals surface area contributed by atoms with E-state index in [0.717, 1.165) is 16.5 Å². The van der Waals surface area contributed by atoms with E-state index in [1.807, 2.05) is 19.1 Å². The zero-order chi connectivity index (χ0) is 10.1. The molecule has 0 atom stereocenters. The minimum absolute atomic E-state index is 0.407. The second-order valence-electron chi connectivity index (χ2n) is 3.22. The molecule has 1 aromatic heterocycles. The Morgan fingerprint density at radius 2 is 2.14 bits per heavy atom. The molecule has 1 heterocycles. The maximum Gasteiger partial charge on any atom is 0.248 e. The van der Waals surface area contributed by atoms with E-state index in [0.29, 0.717) is 5.56 Å². The third-order valence-corrected chi connectivity index (χ3v) is 2.24. The van der Waals surface area contributed by atoms with E-state index < -0.39 is 5.91 Å². The summed E-state index contributed by atoms with van der Waals surface area (Å²) < 4.78 is 0. The number of fused-ring (bicyclic) bond motifs is 1. The molecule has 14 heavy (non-hydrogen) atoms. The van der Waals surface area contributed by atoms with Gasteiger partial charge in [-0.15, -0.1) is 0 Å². The number of pyridine rings is 1.